The minimum Gasteiger partial charge on any atom is -0.383 e. The average molecular weight is 407 g/mol. The van der Waals surface area contributed by atoms with Gasteiger partial charge >= 0.3 is 10.2 Å². The Bertz CT molecular complexity index is 1290. The van der Waals surface area contributed by atoms with Crippen molar-refractivity contribution in [1.29, 1.82) is 0 Å². The molecule has 0 aliphatic heterocycles. The molecule has 4 N–H and O–H groups in total. The second-order valence-electron chi connectivity index (χ2n) is 6.32. The number of pyridine rings is 4. The lowest BCUT2D eigenvalue weighted by molar-refractivity contribution is 0.606. The summed E-state index contributed by atoms with van der Waals surface area (Å²) in [6.45, 7) is 1.95. The molecule has 4 aromatic heterocycles. The Labute approximate surface area is 167 Å². The van der Waals surface area contributed by atoms with Gasteiger partial charge in [0.05, 0.1) is 17.6 Å². The largest absolute Gasteiger partial charge is 0.383 e. The fourth-order valence-corrected chi connectivity index (χ4v) is 3.71. The van der Waals surface area contributed by atoms with Crippen LogP contribution < -0.4 is 15.2 Å². The summed E-state index contributed by atoms with van der Waals surface area (Å²) in [5, 5.41) is 1.32. The van der Waals surface area contributed by atoms with E-state index in [0.29, 0.717) is 28.0 Å². The number of fused-ring (bicyclic) bond motifs is 1. The molecule has 0 amide bonds. The van der Waals surface area contributed by atoms with Crippen LogP contribution in [0.15, 0.2) is 61.3 Å². The first-order valence-electron chi connectivity index (χ1n) is 8.59. The van der Waals surface area contributed by atoms with Gasteiger partial charge in [-0.2, -0.15) is 8.42 Å². The summed E-state index contributed by atoms with van der Waals surface area (Å²) in [5.41, 5.74) is 8.93. The van der Waals surface area contributed by atoms with Gasteiger partial charge in [-0.25, -0.2) is 9.97 Å². The van der Waals surface area contributed by atoms with Gasteiger partial charge in [-0.15, -0.1) is 0 Å². The summed E-state index contributed by atoms with van der Waals surface area (Å²) in [7, 11) is -3.89. The van der Waals surface area contributed by atoms with Crippen molar-refractivity contribution in [3.8, 4) is 11.3 Å². The maximum atomic E-state index is 12.4. The van der Waals surface area contributed by atoms with E-state index in [9.17, 15) is 8.42 Å². The van der Waals surface area contributed by atoms with E-state index in [1.54, 1.807) is 36.8 Å². The molecule has 0 atom stereocenters. The molecule has 0 saturated heterocycles. The third-order valence-electron chi connectivity index (χ3n) is 4.21. The topological polar surface area (TPSA) is 136 Å². The van der Waals surface area contributed by atoms with Gasteiger partial charge in [0.1, 0.15) is 11.6 Å². The lowest BCUT2D eigenvalue weighted by atomic mass is 10.1. The van der Waals surface area contributed by atoms with Crippen LogP contribution in [0, 0.1) is 6.92 Å². The number of hydrogen-bond acceptors (Lipinski definition) is 7. The molecule has 4 aromatic rings. The first-order valence-corrected chi connectivity index (χ1v) is 10.1. The first-order chi connectivity index (χ1) is 13.9. The van der Waals surface area contributed by atoms with E-state index in [4.69, 9.17) is 5.73 Å². The van der Waals surface area contributed by atoms with Crippen molar-refractivity contribution in [3.63, 3.8) is 0 Å². The smallest absolute Gasteiger partial charge is 0.322 e. The van der Waals surface area contributed by atoms with Crippen LogP contribution in [0.4, 0.5) is 17.3 Å². The van der Waals surface area contributed by atoms with Gasteiger partial charge in [0, 0.05) is 35.7 Å². The molecular formula is C19H17N7O2S. The van der Waals surface area contributed by atoms with Crippen molar-refractivity contribution in [3.05, 3.63) is 66.9 Å². The molecule has 4 rings (SSSR count). The highest BCUT2D eigenvalue weighted by Gasteiger charge is 2.13. The van der Waals surface area contributed by atoms with E-state index in [1.165, 1.54) is 12.4 Å². The zero-order valence-corrected chi connectivity index (χ0v) is 16.2. The number of rotatable bonds is 5. The van der Waals surface area contributed by atoms with E-state index in [2.05, 4.69) is 29.4 Å². The van der Waals surface area contributed by atoms with Crippen LogP contribution in [-0.2, 0) is 10.2 Å². The number of aromatic nitrogens is 4. The van der Waals surface area contributed by atoms with Gasteiger partial charge in [-0.3, -0.25) is 19.4 Å². The van der Waals surface area contributed by atoms with Crippen molar-refractivity contribution >= 4 is 38.3 Å². The number of hydrogen-bond donors (Lipinski definition) is 3. The minimum atomic E-state index is -3.89. The molecule has 0 aliphatic carbocycles. The summed E-state index contributed by atoms with van der Waals surface area (Å²) >= 11 is 0. The Morgan fingerprint density at radius 1 is 1.00 bits per heavy atom. The molecule has 0 aromatic carbocycles. The van der Waals surface area contributed by atoms with E-state index >= 15 is 0 Å². The van der Waals surface area contributed by atoms with Gasteiger partial charge < -0.3 is 5.73 Å². The third-order valence-corrected chi connectivity index (χ3v) is 5.20. The average Bonchev–Trinajstić information content (AvgIpc) is 2.68. The first kappa shape index (κ1) is 18.6. The van der Waals surface area contributed by atoms with Crippen molar-refractivity contribution in [2.24, 2.45) is 0 Å². The maximum Gasteiger partial charge on any atom is 0.322 e. The summed E-state index contributed by atoms with van der Waals surface area (Å²) in [6.07, 6.45) is 7.86. The van der Waals surface area contributed by atoms with Gasteiger partial charge in [0.25, 0.3) is 0 Å². The molecule has 0 aliphatic rings. The molecule has 0 fully saturated rings. The Morgan fingerprint density at radius 3 is 2.59 bits per heavy atom. The number of aryl methyl sites for hydroxylation is 1. The van der Waals surface area contributed by atoms with E-state index in [1.807, 2.05) is 19.1 Å². The highest BCUT2D eigenvalue weighted by atomic mass is 32.2. The molecule has 10 heteroatoms. The molecular weight excluding hydrogens is 390 g/mol. The third kappa shape index (κ3) is 4.06. The molecule has 0 radical (unpaired) electrons. The molecule has 9 nitrogen and oxygen atoms in total. The van der Waals surface area contributed by atoms with E-state index < -0.39 is 10.2 Å². The van der Waals surface area contributed by atoms with Crippen molar-refractivity contribution in [2.45, 2.75) is 6.92 Å². The summed E-state index contributed by atoms with van der Waals surface area (Å²) in [5.74, 6) is 0.449. The van der Waals surface area contributed by atoms with Crippen molar-refractivity contribution in [1.82, 2.24) is 19.9 Å². The van der Waals surface area contributed by atoms with E-state index in [0.717, 1.165) is 11.1 Å². The Morgan fingerprint density at radius 2 is 1.83 bits per heavy atom. The molecule has 0 saturated carbocycles. The second kappa shape index (κ2) is 7.32. The molecule has 29 heavy (non-hydrogen) atoms. The van der Waals surface area contributed by atoms with Crippen LogP contribution in [0.1, 0.15) is 5.56 Å². The monoisotopic (exact) mass is 407 g/mol. The normalized spacial score (nSPS) is 11.3. The van der Waals surface area contributed by atoms with Gasteiger partial charge in [-0.1, -0.05) is 0 Å². The van der Waals surface area contributed by atoms with Gasteiger partial charge in [-0.05, 0) is 48.2 Å². The zero-order chi connectivity index (χ0) is 20.4. The Kier molecular flexibility index (Phi) is 4.69. The Balaban J connectivity index is 1.69. The number of nitrogen functional groups attached to an aromatic ring is 1. The van der Waals surface area contributed by atoms with Crippen LogP contribution in [0.5, 0.6) is 0 Å². The van der Waals surface area contributed by atoms with Crippen molar-refractivity contribution in [2.75, 3.05) is 15.2 Å². The number of nitrogens with two attached hydrogens (primary N) is 1. The Hall–Kier alpha value is -3.79. The molecule has 4 heterocycles. The quantitative estimate of drug-likeness (QED) is 0.463. The van der Waals surface area contributed by atoms with E-state index in [-0.39, 0.29) is 5.82 Å². The van der Waals surface area contributed by atoms with Gasteiger partial charge in [0.2, 0.25) is 0 Å². The molecule has 0 spiro atoms. The summed E-state index contributed by atoms with van der Waals surface area (Å²) in [4.78, 5) is 16.6. The zero-order valence-electron chi connectivity index (χ0n) is 15.4. The van der Waals surface area contributed by atoms with Crippen LogP contribution in [0.2, 0.25) is 0 Å². The van der Waals surface area contributed by atoms with Crippen molar-refractivity contribution < 1.29 is 8.42 Å². The summed E-state index contributed by atoms with van der Waals surface area (Å²) < 4.78 is 29.5. The minimum absolute atomic E-state index is 0.147. The number of anilines is 3. The lowest BCUT2D eigenvalue weighted by Crippen LogP contribution is -2.22. The molecule has 146 valence electrons. The van der Waals surface area contributed by atoms with Crippen LogP contribution in [0.3, 0.4) is 0 Å². The highest BCUT2D eigenvalue weighted by Crippen LogP contribution is 2.28. The van der Waals surface area contributed by atoms with Gasteiger partial charge in [0.15, 0.2) is 0 Å². The highest BCUT2D eigenvalue weighted by molar-refractivity contribution is 7.94. The van der Waals surface area contributed by atoms with Crippen LogP contribution >= 0.6 is 0 Å². The second-order valence-corrected chi connectivity index (χ2v) is 7.74. The fraction of sp³-hybridized carbons (Fsp3) is 0.0526. The standard InChI is InChI=1S/C19H17N7O2S/c1-12-4-6-22-10-15(12)17-7-13-8-18(23-11-16(13)19(20)24-17)26-29(27,28)25-14-3-2-5-21-9-14/h2-11,25H,1H3,(H2,20,24)(H,23,26). The van der Waals surface area contributed by atoms with Crippen LogP contribution in [-0.4, -0.2) is 28.4 Å². The summed E-state index contributed by atoms with van der Waals surface area (Å²) in [6, 6.07) is 8.53. The number of nitrogens with one attached hydrogen (secondary N) is 2. The fourth-order valence-electron chi connectivity index (χ4n) is 2.84. The predicted octanol–water partition coefficient (Wildman–Crippen LogP) is 2.75. The van der Waals surface area contributed by atoms with Crippen LogP contribution in [0.25, 0.3) is 22.0 Å². The number of nitrogens with zero attached hydrogens (tertiary/aromatic N) is 4. The predicted molar refractivity (Wildman–Crippen MR) is 112 cm³/mol. The molecule has 0 unspecified atom stereocenters. The lowest BCUT2D eigenvalue weighted by Gasteiger charge is -2.11. The molecule has 0 bridgehead atoms. The SMILES string of the molecule is Cc1ccncc1-c1cc2cc(NS(=O)(=O)Nc3cccnc3)ncc2c(N)n1. The maximum absolute atomic E-state index is 12.4.